The van der Waals surface area contributed by atoms with Gasteiger partial charge in [0.2, 0.25) is 0 Å². The van der Waals surface area contributed by atoms with Gasteiger partial charge < -0.3 is 4.90 Å². The molecule has 0 radical (unpaired) electrons. The molecule has 12 aromatic rings. The van der Waals surface area contributed by atoms with Crippen molar-refractivity contribution in [1.29, 1.82) is 0 Å². The number of hydrogen-bond donors (Lipinski definition) is 0. The summed E-state index contributed by atoms with van der Waals surface area (Å²) in [5.74, 6) is 0. The highest BCUT2D eigenvalue weighted by Crippen LogP contribution is 2.68. The third-order valence-corrected chi connectivity index (χ3v) is 17.6. The van der Waals surface area contributed by atoms with Crippen molar-refractivity contribution in [3.8, 4) is 44.5 Å². The molecule has 12 aromatic carbocycles. The number of fused-ring (bicyclic) bond motifs is 19. The van der Waals surface area contributed by atoms with E-state index in [4.69, 9.17) is 0 Å². The molecule has 1 nitrogen and oxygen atoms in total. The zero-order valence-corrected chi connectivity index (χ0v) is 41.7. The molecular weight excluding hydrogens is 915 g/mol. The molecule has 0 fully saturated rings. The molecular formula is C75H49N. The predicted molar refractivity (Wildman–Crippen MR) is 312 cm³/mol. The Morgan fingerprint density at radius 3 is 1.05 bits per heavy atom. The third-order valence-electron chi connectivity index (χ3n) is 17.6. The van der Waals surface area contributed by atoms with Crippen LogP contribution in [0.5, 0.6) is 0 Å². The zero-order valence-electron chi connectivity index (χ0n) is 41.7. The van der Waals surface area contributed by atoms with Crippen molar-refractivity contribution >= 4 is 17.1 Å². The summed E-state index contributed by atoms with van der Waals surface area (Å²) in [6.07, 6.45) is 0. The molecule has 1 heteroatoms. The van der Waals surface area contributed by atoms with Gasteiger partial charge in [-0.3, -0.25) is 0 Å². The molecule has 0 unspecified atom stereocenters. The summed E-state index contributed by atoms with van der Waals surface area (Å²) < 4.78 is 0. The standard InChI is InChI=1S/C75H49N/c1-4-23-51(24-5-1)73(52-25-6-2-7-26-52)62-34-14-10-31-59(62)60-48-47-55(49-71(60)73)76(53-27-8-3-9-28-53)54-45-43-50(44-46-54)56-33-22-42-70-72(56)61-32-13-17-37-65(61)75(70)68-40-20-18-38-66(68)74(67-39-19-21-41-69(67)75)63-35-15-11-29-57(63)58-30-12-16-36-64(58)74/h1-49H. The lowest BCUT2D eigenvalue weighted by molar-refractivity contribution is 0.633. The molecule has 0 saturated heterocycles. The highest BCUT2D eigenvalue weighted by atomic mass is 15.1. The van der Waals surface area contributed by atoms with Crippen LogP contribution in [0.15, 0.2) is 297 Å². The third kappa shape index (κ3) is 5.49. The number of nitrogens with zero attached hydrogens (tertiary/aromatic N) is 1. The van der Waals surface area contributed by atoms with E-state index in [0.29, 0.717) is 0 Å². The Kier molecular flexibility index (Phi) is 9.15. The first-order valence-electron chi connectivity index (χ1n) is 26.7. The Labute approximate surface area is 444 Å². The first kappa shape index (κ1) is 42.9. The summed E-state index contributed by atoms with van der Waals surface area (Å²) in [5.41, 5.74) is 27.8. The number of para-hydroxylation sites is 1. The molecule has 0 N–H and O–H groups in total. The lowest BCUT2D eigenvalue weighted by Gasteiger charge is -2.48. The quantitative estimate of drug-likeness (QED) is 0.161. The van der Waals surface area contributed by atoms with Gasteiger partial charge in [0.1, 0.15) is 0 Å². The van der Waals surface area contributed by atoms with Gasteiger partial charge in [0.05, 0.1) is 16.2 Å². The summed E-state index contributed by atoms with van der Waals surface area (Å²) in [4.78, 5) is 2.43. The van der Waals surface area contributed by atoms with E-state index in [2.05, 4.69) is 302 Å². The molecule has 354 valence electrons. The molecule has 0 amide bonds. The van der Waals surface area contributed by atoms with Crippen molar-refractivity contribution in [2.24, 2.45) is 0 Å². The number of anilines is 3. The van der Waals surface area contributed by atoms with E-state index in [1.54, 1.807) is 0 Å². The lowest BCUT2D eigenvalue weighted by atomic mass is 9.52. The highest BCUT2D eigenvalue weighted by molar-refractivity contribution is 5.99. The van der Waals surface area contributed by atoms with Crippen LogP contribution < -0.4 is 4.90 Å². The van der Waals surface area contributed by atoms with E-state index in [0.717, 1.165) is 17.1 Å². The highest BCUT2D eigenvalue weighted by Gasteiger charge is 2.59. The van der Waals surface area contributed by atoms with E-state index < -0.39 is 16.2 Å². The first-order valence-corrected chi connectivity index (χ1v) is 26.7. The van der Waals surface area contributed by atoms with Crippen LogP contribution in [0.1, 0.15) is 66.8 Å². The molecule has 76 heavy (non-hydrogen) atoms. The van der Waals surface area contributed by atoms with Crippen molar-refractivity contribution in [3.05, 3.63) is 364 Å². The van der Waals surface area contributed by atoms with Gasteiger partial charge in [-0.2, -0.15) is 0 Å². The topological polar surface area (TPSA) is 3.24 Å². The molecule has 0 aliphatic heterocycles. The van der Waals surface area contributed by atoms with E-state index >= 15 is 0 Å². The Balaban J connectivity index is 0.875. The fourth-order valence-electron chi connectivity index (χ4n) is 14.9. The van der Waals surface area contributed by atoms with Crippen molar-refractivity contribution in [1.82, 2.24) is 0 Å². The van der Waals surface area contributed by atoms with E-state index in [1.807, 2.05) is 0 Å². The summed E-state index contributed by atoms with van der Waals surface area (Å²) in [6, 6.07) is 112. The van der Waals surface area contributed by atoms with Crippen molar-refractivity contribution in [3.63, 3.8) is 0 Å². The summed E-state index contributed by atoms with van der Waals surface area (Å²) in [7, 11) is 0. The average Bonchev–Trinajstić information content (AvgIpc) is 4.29. The maximum absolute atomic E-state index is 2.46. The maximum atomic E-state index is 2.46. The molecule has 4 aliphatic rings. The molecule has 0 atom stereocenters. The molecule has 4 aliphatic carbocycles. The van der Waals surface area contributed by atoms with Crippen molar-refractivity contribution in [2.45, 2.75) is 16.2 Å². The zero-order chi connectivity index (χ0) is 50.0. The van der Waals surface area contributed by atoms with Crippen LogP contribution in [0.25, 0.3) is 44.5 Å². The second-order valence-corrected chi connectivity index (χ2v) is 20.9. The normalized spacial score (nSPS) is 14.6. The predicted octanol–water partition coefficient (Wildman–Crippen LogP) is 18.2. The van der Waals surface area contributed by atoms with Crippen LogP contribution in [0, 0.1) is 0 Å². The molecule has 0 heterocycles. The van der Waals surface area contributed by atoms with Crippen LogP contribution in [0.3, 0.4) is 0 Å². The van der Waals surface area contributed by atoms with Crippen LogP contribution in [-0.2, 0) is 16.2 Å². The Morgan fingerprint density at radius 1 is 0.197 bits per heavy atom. The van der Waals surface area contributed by atoms with Gasteiger partial charge in [-0.15, -0.1) is 0 Å². The molecule has 16 rings (SSSR count). The van der Waals surface area contributed by atoms with Gasteiger partial charge in [-0.05, 0) is 148 Å². The fraction of sp³-hybridized carbons (Fsp3) is 0.0400. The fourth-order valence-corrected chi connectivity index (χ4v) is 14.9. The second kappa shape index (κ2) is 16.2. The largest absolute Gasteiger partial charge is 0.310 e. The monoisotopic (exact) mass is 963 g/mol. The van der Waals surface area contributed by atoms with Crippen LogP contribution in [0.4, 0.5) is 17.1 Å². The van der Waals surface area contributed by atoms with Gasteiger partial charge in [-0.1, -0.05) is 261 Å². The number of rotatable bonds is 6. The lowest BCUT2D eigenvalue weighted by Crippen LogP contribution is -2.43. The smallest absolute Gasteiger partial charge is 0.0720 e. The Bertz CT molecular complexity index is 4150. The number of hydrogen-bond acceptors (Lipinski definition) is 1. The van der Waals surface area contributed by atoms with E-state index in [-0.39, 0.29) is 0 Å². The van der Waals surface area contributed by atoms with Gasteiger partial charge in [0.15, 0.2) is 0 Å². The van der Waals surface area contributed by atoms with Crippen molar-refractivity contribution in [2.75, 3.05) is 4.90 Å². The summed E-state index contributed by atoms with van der Waals surface area (Å²) >= 11 is 0. The van der Waals surface area contributed by atoms with E-state index in [1.165, 1.54) is 111 Å². The van der Waals surface area contributed by atoms with Gasteiger partial charge in [-0.25, -0.2) is 0 Å². The average molecular weight is 964 g/mol. The summed E-state index contributed by atoms with van der Waals surface area (Å²) in [5, 5.41) is 0. The maximum Gasteiger partial charge on any atom is 0.0720 e. The second-order valence-electron chi connectivity index (χ2n) is 20.9. The minimum atomic E-state index is -0.557. The number of benzene rings is 12. The molecule has 0 bridgehead atoms. The molecule has 0 saturated carbocycles. The molecule has 2 spiro atoms. The minimum Gasteiger partial charge on any atom is -0.310 e. The van der Waals surface area contributed by atoms with Crippen LogP contribution in [0.2, 0.25) is 0 Å². The van der Waals surface area contributed by atoms with Gasteiger partial charge in [0.25, 0.3) is 0 Å². The van der Waals surface area contributed by atoms with Gasteiger partial charge in [0, 0.05) is 17.1 Å². The van der Waals surface area contributed by atoms with Crippen molar-refractivity contribution < 1.29 is 0 Å². The minimum absolute atomic E-state index is 0.477. The Hall–Kier alpha value is -9.56. The molecule has 0 aromatic heterocycles. The van der Waals surface area contributed by atoms with Gasteiger partial charge >= 0.3 is 0 Å². The first-order chi connectivity index (χ1) is 37.7. The van der Waals surface area contributed by atoms with Crippen LogP contribution in [-0.4, -0.2) is 0 Å². The Morgan fingerprint density at radius 2 is 0.539 bits per heavy atom. The van der Waals surface area contributed by atoms with E-state index in [9.17, 15) is 0 Å². The van der Waals surface area contributed by atoms with Crippen LogP contribution >= 0.6 is 0 Å². The summed E-state index contributed by atoms with van der Waals surface area (Å²) in [6.45, 7) is 0. The SMILES string of the molecule is c1ccc(N(c2ccc(-c3cccc4c3-c3ccccc3C43c4ccccc4C4(c5ccccc5-c5ccccc54)c4ccccc43)cc2)c2ccc3c(c2)C(c2ccccc2)(c2ccccc2)c2ccccc2-3)cc1.